The maximum atomic E-state index is 8.47. The molecule has 0 unspecified atom stereocenters. The normalized spacial score (nSPS) is 9.50. The third-order valence-corrected chi connectivity index (χ3v) is 1.69. The molecule has 0 saturated carbocycles. The van der Waals surface area contributed by atoms with Gasteiger partial charge in [-0.25, -0.2) is 0 Å². The van der Waals surface area contributed by atoms with Crippen molar-refractivity contribution in [2.75, 3.05) is 18.5 Å². The van der Waals surface area contributed by atoms with E-state index in [9.17, 15) is 0 Å². The molecule has 0 aromatic carbocycles. The van der Waals surface area contributed by atoms with Gasteiger partial charge in [-0.05, 0) is 13.8 Å². The van der Waals surface area contributed by atoms with Crippen molar-refractivity contribution in [3.05, 3.63) is 11.5 Å². The predicted molar refractivity (Wildman–Crippen MR) is 44.9 cm³/mol. The van der Waals surface area contributed by atoms with E-state index in [1.54, 1.807) is 0 Å². The Morgan fingerprint density at radius 1 is 1.58 bits per heavy atom. The van der Waals surface area contributed by atoms with Crippen molar-refractivity contribution in [2.24, 2.45) is 0 Å². The minimum atomic E-state index is 0.350. The molecule has 1 aromatic heterocycles. The molecule has 4 nitrogen and oxygen atoms in total. The van der Waals surface area contributed by atoms with Crippen molar-refractivity contribution in [1.29, 1.82) is 5.26 Å². The Bertz CT molecular complexity index is 291. The van der Waals surface area contributed by atoms with Crippen molar-refractivity contribution in [2.45, 2.75) is 13.8 Å². The van der Waals surface area contributed by atoms with E-state index in [0.717, 1.165) is 17.1 Å². The first-order chi connectivity index (χ1) is 5.66. The predicted octanol–water partition coefficient (Wildman–Crippen LogP) is 1.25. The number of hydrogen-bond donors (Lipinski definition) is 0. The lowest BCUT2D eigenvalue weighted by Crippen LogP contribution is -2.18. The lowest BCUT2D eigenvalue weighted by molar-refractivity contribution is 0.393. The van der Waals surface area contributed by atoms with Crippen molar-refractivity contribution in [3.8, 4) is 6.07 Å². The molecule has 1 rings (SSSR count). The highest BCUT2D eigenvalue weighted by molar-refractivity contribution is 5.52. The summed E-state index contributed by atoms with van der Waals surface area (Å²) in [5, 5.41) is 12.3. The van der Waals surface area contributed by atoms with Crippen LogP contribution in [0.4, 0.5) is 5.69 Å². The Hall–Kier alpha value is -1.50. The average Bonchev–Trinajstić information content (AvgIpc) is 2.32. The third kappa shape index (κ3) is 1.40. The van der Waals surface area contributed by atoms with Crippen LogP contribution in [0.3, 0.4) is 0 Å². The molecule has 4 heteroatoms. The number of hydrogen-bond acceptors (Lipinski definition) is 4. The fourth-order valence-corrected chi connectivity index (χ4v) is 1.21. The topological polar surface area (TPSA) is 53.1 Å². The molecule has 0 saturated heterocycles. The molecule has 0 aliphatic heterocycles. The highest BCUT2D eigenvalue weighted by Crippen LogP contribution is 2.21. The van der Waals surface area contributed by atoms with Gasteiger partial charge in [-0.1, -0.05) is 5.16 Å². The molecule has 1 aromatic rings. The van der Waals surface area contributed by atoms with E-state index < -0.39 is 0 Å². The van der Waals surface area contributed by atoms with Gasteiger partial charge in [0.1, 0.15) is 17.9 Å². The molecule has 0 atom stereocenters. The number of rotatable bonds is 2. The second-order valence-electron chi connectivity index (χ2n) is 2.69. The van der Waals surface area contributed by atoms with Crippen LogP contribution in [0.5, 0.6) is 0 Å². The third-order valence-electron chi connectivity index (χ3n) is 1.69. The van der Waals surface area contributed by atoms with Crippen LogP contribution in [0.1, 0.15) is 11.5 Å². The van der Waals surface area contributed by atoms with E-state index in [2.05, 4.69) is 11.2 Å². The van der Waals surface area contributed by atoms with Gasteiger partial charge in [-0.3, -0.25) is 0 Å². The number of nitrogens with zero attached hydrogens (tertiary/aromatic N) is 3. The van der Waals surface area contributed by atoms with Gasteiger partial charge in [-0.2, -0.15) is 5.26 Å². The van der Waals surface area contributed by atoms with Gasteiger partial charge < -0.3 is 9.42 Å². The summed E-state index contributed by atoms with van der Waals surface area (Å²) in [6.07, 6.45) is 0. The van der Waals surface area contributed by atoms with Gasteiger partial charge in [0.15, 0.2) is 5.76 Å². The molecule has 0 fully saturated rings. The summed E-state index contributed by atoms with van der Waals surface area (Å²) < 4.78 is 4.96. The SMILES string of the molecule is Cc1noc(C)c1N(C)CC#N. The minimum Gasteiger partial charge on any atom is -0.359 e. The van der Waals surface area contributed by atoms with E-state index in [-0.39, 0.29) is 0 Å². The van der Waals surface area contributed by atoms with Crippen molar-refractivity contribution in [3.63, 3.8) is 0 Å². The Morgan fingerprint density at radius 3 is 2.67 bits per heavy atom. The lowest BCUT2D eigenvalue weighted by Gasteiger charge is -2.13. The first kappa shape index (κ1) is 8.60. The summed E-state index contributed by atoms with van der Waals surface area (Å²) in [6, 6.07) is 2.07. The van der Waals surface area contributed by atoms with Gasteiger partial charge >= 0.3 is 0 Å². The molecule has 1 heterocycles. The molecule has 0 amide bonds. The molecule has 12 heavy (non-hydrogen) atoms. The van der Waals surface area contributed by atoms with Crippen LogP contribution in [0.25, 0.3) is 0 Å². The monoisotopic (exact) mass is 165 g/mol. The summed E-state index contributed by atoms with van der Waals surface area (Å²) in [5.41, 5.74) is 1.74. The van der Waals surface area contributed by atoms with Crippen molar-refractivity contribution in [1.82, 2.24) is 5.16 Å². The highest BCUT2D eigenvalue weighted by atomic mass is 16.5. The molecule has 64 valence electrons. The van der Waals surface area contributed by atoms with Crippen LogP contribution in [0.15, 0.2) is 4.52 Å². The Morgan fingerprint density at radius 2 is 2.25 bits per heavy atom. The maximum absolute atomic E-state index is 8.47. The standard InChI is InChI=1S/C8H11N3O/c1-6-8(7(2)12-10-6)11(3)5-4-9/h5H2,1-3H3. The van der Waals surface area contributed by atoms with E-state index in [0.29, 0.717) is 6.54 Å². The highest BCUT2D eigenvalue weighted by Gasteiger charge is 2.12. The van der Waals surface area contributed by atoms with Crippen LogP contribution in [0.2, 0.25) is 0 Å². The molecule has 0 aliphatic rings. The van der Waals surface area contributed by atoms with Gasteiger partial charge in [0.25, 0.3) is 0 Å². The molecule has 0 spiro atoms. The summed E-state index contributed by atoms with van der Waals surface area (Å²) in [4.78, 5) is 1.82. The Labute approximate surface area is 71.4 Å². The van der Waals surface area contributed by atoms with Gasteiger partial charge in [0.2, 0.25) is 0 Å². The fourth-order valence-electron chi connectivity index (χ4n) is 1.21. The van der Waals surface area contributed by atoms with Crippen molar-refractivity contribution < 1.29 is 4.52 Å². The zero-order valence-electron chi connectivity index (χ0n) is 7.46. The first-order valence-electron chi connectivity index (χ1n) is 3.67. The number of anilines is 1. The van der Waals surface area contributed by atoms with E-state index in [1.165, 1.54) is 0 Å². The second-order valence-corrected chi connectivity index (χ2v) is 2.69. The van der Waals surface area contributed by atoms with Crippen LogP contribution < -0.4 is 4.90 Å². The molecule has 0 radical (unpaired) electrons. The van der Waals surface area contributed by atoms with E-state index >= 15 is 0 Å². The smallest absolute Gasteiger partial charge is 0.157 e. The summed E-state index contributed by atoms with van der Waals surface area (Å²) in [7, 11) is 1.84. The zero-order valence-corrected chi connectivity index (χ0v) is 7.46. The van der Waals surface area contributed by atoms with Gasteiger partial charge in [0, 0.05) is 7.05 Å². The second kappa shape index (κ2) is 3.26. The summed E-state index contributed by atoms with van der Waals surface area (Å²) >= 11 is 0. The summed E-state index contributed by atoms with van der Waals surface area (Å²) in [6.45, 7) is 4.05. The van der Waals surface area contributed by atoms with Gasteiger partial charge in [0.05, 0.1) is 6.07 Å². The lowest BCUT2D eigenvalue weighted by atomic mass is 10.3. The average molecular weight is 165 g/mol. The minimum absolute atomic E-state index is 0.350. The summed E-state index contributed by atoms with van der Waals surface area (Å²) in [5.74, 6) is 0.755. The van der Waals surface area contributed by atoms with Crippen molar-refractivity contribution >= 4 is 5.69 Å². The van der Waals surface area contributed by atoms with E-state index in [1.807, 2.05) is 25.8 Å². The molecular formula is C8H11N3O. The van der Waals surface area contributed by atoms with Crippen LogP contribution in [-0.4, -0.2) is 18.7 Å². The first-order valence-corrected chi connectivity index (χ1v) is 3.67. The number of aromatic nitrogens is 1. The fraction of sp³-hybridized carbons (Fsp3) is 0.500. The maximum Gasteiger partial charge on any atom is 0.157 e. The van der Waals surface area contributed by atoms with Crippen LogP contribution in [-0.2, 0) is 0 Å². The van der Waals surface area contributed by atoms with Gasteiger partial charge in [-0.15, -0.1) is 0 Å². The molecule has 0 aliphatic carbocycles. The van der Waals surface area contributed by atoms with E-state index in [4.69, 9.17) is 9.78 Å². The number of aryl methyl sites for hydroxylation is 2. The number of nitriles is 1. The molecule has 0 bridgehead atoms. The molecular weight excluding hydrogens is 154 g/mol. The quantitative estimate of drug-likeness (QED) is 0.619. The van der Waals surface area contributed by atoms with Crippen LogP contribution >= 0.6 is 0 Å². The molecule has 0 N–H and O–H groups in total. The zero-order chi connectivity index (χ0) is 9.14. The largest absolute Gasteiger partial charge is 0.359 e. The Balaban J connectivity index is 2.94. The Kier molecular flexibility index (Phi) is 2.34. The van der Waals surface area contributed by atoms with Crippen LogP contribution in [0, 0.1) is 25.2 Å².